The van der Waals surface area contributed by atoms with E-state index in [0.717, 1.165) is 4.88 Å². The van der Waals surface area contributed by atoms with Gasteiger partial charge in [0.1, 0.15) is 5.60 Å². The van der Waals surface area contributed by atoms with Crippen LogP contribution in [-0.2, 0) is 16.1 Å². The highest BCUT2D eigenvalue weighted by Gasteiger charge is 2.44. The SMILES string of the molecule is O=C(NCc1cccs1)OC1=NOC2(CCN(C(=O)c3ccccc3Cl)CC2)C1. The van der Waals surface area contributed by atoms with E-state index in [4.69, 9.17) is 21.2 Å². The monoisotopic (exact) mass is 433 g/mol. The van der Waals surface area contributed by atoms with Crippen LogP contribution in [0.2, 0.25) is 5.02 Å². The molecule has 1 N–H and O–H groups in total. The molecule has 0 radical (unpaired) electrons. The zero-order valence-corrected chi connectivity index (χ0v) is 17.2. The van der Waals surface area contributed by atoms with Gasteiger partial charge in [-0.15, -0.1) is 11.3 Å². The highest BCUT2D eigenvalue weighted by Crippen LogP contribution is 2.35. The van der Waals surface area contributed by atoms with E-state index in [-0.39, 0.29) is 11.8 Å². The average Bonchev–Trinajstić information content (AvgIpc) is 3.37. The number of thiophene rings is 1. The van der Waals surface area contributed by atoms with Gasteiger partial charge < -0.3 is 19.8 Å². The molecule has 3 heterocycles. The van der Waals surface area contributed by atoms with Gasteiger partial charge in [0, 0.05) is 30.8 Å². The maximum absolute atomic E-state index is 12.7. The summed E-state index contributed by atoms with van der Waals surface area (Å²) in [6.45, 7) is 1.46. The number of ether oxygens (including phenoxy) is 1. The average molecular weight is 434 g/mol. The van der Waals surface area contributed by atoms with Crippen molar-refractivity contribution in [1.82, 2.24) is 10.2 Å². The number of oxime groups is 1. The Balaban J connectivity index is 1.26. The summed E-state index contributed by atoms with van der Waals surface area (Å²) in [7, 11) is 0. The van der Waals surface area contributed by atoms with Gasteiger partial charge in [-0.25, -0.2) is 4.79 Å². The van der Waals surface area contributed by atoms with E-state index >= 15 is 0 Å². The lowest BCUT2D eigenvalue weighted by Gasteiger charge is -2.37. The molecule has 0 saturated carbocycles. The summed E-state index contributed by atoms with van der Waals surface area (Å²) in [4.78, 5) is 33.1. The van der Waals surface area contributed by atoms with Crippen molar-refractivity contribution >= 4 is 40.8 Å². The van der Waals surface area contributed by atoms with Gasteiger partial charge in [-0.1, -0.05) is 35.0 Å². The lowest BCUT2D eigenvalue weighted by Crippen LogP contribution is -2.47. The summed E-state index contributed by atoms with van der Waals surface area (Å²) in [5, 5.41) is 9.04. The summed E-state index contributed by atoms with van der Waals surface area (Å²) in [6, 6.07) is 10.9. The van der Waals surface area contributed by atoms with Crippen molar-refractivity contribution in [2.24, 2.45) is 5.16 Å². The molecule has 1 aromatic heterocycles. The van der Waals surface area contributed by atoms with E-state index in [1.54, 1.807) is 40.5 Å². The number of likely N-dealkylation sites (tertiary alicyclic amines) is 1. The zero-order chi connectivity index (χ0) is 20.3. The fraction of sp³-hybridized carbons (Fsp3) is 0.350. The number of rotatable bonds is 3. The van der Waals surface area contributed by atoms with Crippen LogP contribution in [0.25, 0.3) is 0 Å². The van der Waals surface area contributed by atoms with Gasteiger partial charge >= 0.3 is 6.09 Å². The van der Waals surface area contributed by atoms with Crippen molar-refractivity contribution in [3.63, 3.8) is 0 Å². The number of hydrogen-bond donors (Lipinski definition) is 1. The minimum Gasteiger partial charge on any atom is -0.392 e. The number of carbonyl (C=O) groups is 2. The number of nitrogens with zero attached hydrogens (tertiary/aromatic N) is 2. The van der Waals surface area contributed by atoms with Gasteiger partial charge in [-0.3, -0.25) is 4.79 Å². The normalized spacial score (nSPS) is 17.6. The first-order chi connectivity index (χ1) is 14.0. The summed E-state index contributed by atoms with van der Waals surface area (Å²) in [5.41, 5.74) is -0.0270. The molecule has 0 unspecified atom stereocenters. The Hall–Kier alpha value is -2.58. The van der Waals surface area contributed by atoms with Crippen molar-refractivity contribution in [2.75, 3.05) is 13.1 Å². The summed E-state index contributed by atoms with van der Waals surface area (Å²) < 4.78 is 5.28. The third-order valence-corrected chi connectivity index (χ3v) is 6.28. The predicted octanol–water partition coefficient (Wildman–Crippen LogP) is 4.04. The standard InChI is InChI=1S/C20H20ClN3O4S/c21-16-6-2-1-5-15(16)18(25)24-9-7-20(8-10-24)12-17(23-28-20)27-19(26)22-13-14-4-3-11-29-14/h1-6,11H,7-10,12-13H2,(H,22,26). The minimum absolute atomic E-state index is 0.0891. The van der Waals surface area contributed by atoms with Crippen LogP contribution < -0.4 is 5.32 Å². The van der Waals surface area contributed by atoms with Crippen LogP contribution in [0.4, 0.5) is 4.79 Å². The van der Waals surface area contributed by atoms with E-state index in [9.17, 15) is 9.59 Å². The Morgan fingerprint density at radius 2 is 2.03 bits per heavy atom. The Morgan fingerprint density at radius 3 is 2.76 bits per heavy atom. The van der Waals surface area contributed by atoms with Crippen molar-refractivity contribution < 1.29 is 19.2 Å². The second-order valence-corrected chi connectivity index (χ2v) is 8.47. The molecule has 152 valence electrons. The lowest BCUT2D eigenvalue weighted by atomic mass is 9.88. The molecule has 2 amide bonds. The molecule has 7 nitrogen and oxygen atoms in total. The molecule has 1 fully saturated rings. The highest BCUT2D eigenvalue weighted by atomic mass is 35.5. The Kier molecular flexibility index (Phi) is 5.73. The molecule has 0 bridgehead atoms. The number of benzene rings is 1. The molecule has 0 atom stereocenters. The summed E-state index contributed by atoms with van der Waals surface area (Å²) in [5.74, 6) is 0.174. The van der Waals surface area contributed by atoms with Gasteiger partial charge in [-0.05, 0) is 23.6 Å². The Bertz CT molecular complexity index is 924. The molecule has 2 aliphatic heterocycles. The smallest absolute Gasteiger partial charge is 0.392 e. The van der Waals surface area contributed by atoms with Crippen LogP contribution in [0.3, 0.4) is 0 Å². The molecule has 4 rings (SSSR count). The molecule has 29 heavy (non-hydrogen) atoms. The third-order valence-electron chi connectivity index (χ3n) is 5.08. The second-order valence-electron chi connectivity index (χ2n) is 7.03. The van der Waals surface area contributed by atoms with Gasteiger partial charge in [0.05, 0.1) is 23.6 Å². The predicted molar refractivity (Wildman–Crippen MR) is 110 cm³/mol. The number of carbonyl (C=O) groups excluding carboxylic acids is 2. The van der Waals surface area contributed by atoms with Crippen molar-refractivity contribution in [3.8, 4) is 0 Å². The number of halogens is 1. The van der Waals surface area contributed by atoms with E-state index in [2.05, 4.69) is 10.5 Å². The molecule has 2 aliphatic rings. The molecule has 1 saturated heterocycles. The summed E-state index contributed by atoms with van der Waals surface area (Å²) in [6.07, 6.45) is 1.07. The molecular weight excluding hydrogens is 414 g/mol. The quantitative estimate of drug-likeness (QED) is 0.792. The lowest BCUT2D eigenvalue weighted by molar-refractivity contribution is -0.0568. The first-order valence-electron chi connectivity index (χ1n) is 9.32. The topological polar surface area (TPSA) is 80.2 Å². The summed E-state index contributed by atoms with van der Waals surface area (Å²) >= 11 is 7.70. The third kappa shape index (κ3) is 4.54. The first-order valence-corrected chi connectivity index (χ1v) is 10.6. The molecule has 1 spiro atoms. The van der Waals surface area contributed by atoms with E-state index < -0.39 is 11.7 Å². The highest BCUT2D eigenvalue weighted by molar-refractivity contribution is 7.09. The Morgan fingerprint density at radius 1 is 1.24 bits per heavy atom. The zero-order valence-electron chi connectivity index (χ0n) is 15.6. The number of amides is 2. The van der Waals surface area contributed by atoms with Crippen LogP contribution in [-0.4, -0.2) is 41.5 Å². The fourth-order valence-electron chi connectivity index (χ4n) is 3.45. The number of alkyl carbamates (subject to hydrolysis) is 1. The van der Waals surface area contributed by atoms with Crippen LogP contribution in [0, 0.1) is 0 Å². The molecule has 2 aromatic rings. The molecular formula is C20H20ClN3O4S. The van der Waals surface area contributed by atoms with Crippen LogP contribution in [0.1, 0.15) is 34.5 Å². The van der Waals surface area contributed by atoms with Gasteiger partial charge in [-0.2, -0.15) is 0 Å². The van der Waals surface area contributed by atoms with Gasteiger partial charge in [0.25, 0.3) is 5.91 Å². The van der Waals surface area contributed by atoms with Crippen LogP contribution in [0.15, 0.2) is 46.9 Å². The number of hydrogen-bond acceptors (Lipinski definition) is 6. The van der Waals surface area contributed by atoms with E-state index in [1.807, 2.05) is 17.5 Å². The minimum atomic E-state index is -0.552. The fourth-order valence-corrected chi connectivity index (χ4v) is 4.31. The maximum atomic E-state index is 12.7. The van der Waals surface area contributed by atoms with Gasteiger partial charge in [0.15, 0.2) is 0 Å². The first kappa shape index (κ1) is 19.7. The molecule has 9 heteroatoms. The van der Waals surface area contributed by atoms with Crippen LogP contribution >= 0.6 is 22.9 Å². The van der Waals surface area contributed by atoms with Crippen molar-refractivity contribution in [2.45, 2.75) is 31.4 Å². The number of nitrogens with one attached hydrogen (secondary N) is 1. The molecule has 1 aromatic carbocycles. The molecule has 0 aliphatic carbocycles. The Labute approximate surface area is 177 Å². The number of piperidine rings is 1. The van der Waals surface area contributed by atoms with E-state index in [0.29, 0.717) is 49.5 Å². The largest absolute Gasteiger partial charge is 0.414 e. The van der Waals surface area contributed by atoms with Crippen molar-refractivity contribution in [3.05, 3.63) is 57.2 Å². The maximum Gasteiger partial charge on any atom is 0.414 e. The van der Waals surface area contributed by atoms with Crippen LogP contribution in [0.5, 0.6) is 0 Å². The second kappa shape index (κ2) is 8.42. The van der Waals surface area contributed by atoms with Crippen molar-refractivity contribution in [1.29, 1.82) is 0 Å². The van der Waals surface area contributed by atoms with Gasteiger partial charge in [0.2, 0.25) is 5.90 Å². The van der Waals surface area contributed by atoms with E-state index in [1.165, 1.54) is 0 Å².